The molecule has 2 saturated heterocycles. The number of piperidine rings is 1. The average Bonchev–Trinajstić information content (AvgIpc) is 3.30. The van der Waals surface area contributed by atoms with Crippen molar-refractivity contribution in [3.63, 3.8) is 0 Å². The first-order valence-corrected chi connectivity index (χ1v) is 24.9. The molecule has 3 fully saturated rings. The lowest BCUT2D eigenvalue weighted by Crippen LogP contribution is -2.60. The van der Waals surface area contributed by atoms with Gasteiger partial charge in [-0.05, 0) is 114 Å². The smallest absolute Gasteiger partial charge is 0.329 e. The molecule has 3 N–H and O–H groups in total. The summed E-state index contributed by atoms with van der Waals surface area (Å²) in [5.74, 6) is -7.67. The maximum atomic E-state index is 14.4. The molecule has 14 heteroatoms. The van der Waals surface area contributed by atoms with E-state index in [1.54, 1.807) is 34.0 Å². The third kappa shape index (κ3) is 15.3. The standard InChI is InChI=1S/C53H83NO13/c1-32-16-12-11-13-17-33(2)34(3)29-41-21-19-39(8)53(62,67-41)50(59)51(60)54-23-15-14-18-42(54)52(61)66-45(36(5)28-40-20-22-44(65-25-24-55)46(30-40)63-9)31-43(56)35(4)27-38(7)48(58)49(64-10)47(57)37(6)26-32/h11-13,16-17,27,32,34-37,39-42,44-46,48-49,55,58,62H,14-15,18-26,28-31H2,1-10H3/b13-11+,16-12+,33-17+,38-27+/t32-,34+,35-,36-,37-,39-,40+,41+,42+,44+,45?,46-,48-,49+,53-/m1/s1. The monoisotopic (exact) mass is 942 g/mol. The van der Waals surface area contributed by atoms with Crippen molar-refractivity contribution >= 4 is 29.2 Å². The van der Waals surface area contributed by atoms with Gasteiger partial charge in [-0.25, -0.2) is 4.79 Å². The lowest BCUT2D eigenvalue weighted by Gasteiger charge is -2.42. The summed E-state index contributed by atoms with van der Waals surface area (Å²) in [6.07, 6.45) is 13.3. The second-order valence-electron chi connectivity index (χ2n) is 20.3. The Balaban J connectivity index is 1.68. The number of aliphatic hydroxyl groups excluding tert-OH is 2. The highest BCUT2D eigenvalue weighted by atomic mass is 16.6. The number of carbonyl (C=O) groups is 5. The van der Waals surface area contributed by atoms with Crippen molar-refractivity contribution in [2.45, 2.75) is 181 Å². The van der Waals surface area contributed by atoms with E-state index in [4.69, 9.17) is 23.7 Å². The minimum absolute atomic E-state index is 0.0280. The molecule has 1 saturated carbocycles. The van der Waals surface area contributed by atoms with Crippen LogP contribution in [0.2, 0.25) is 0 Å². The molecule has 14 nitrogen and oxygen atoms in total. The van der Waals surface area contributed by atoms with E-state index < -0.39 is 71.7 Å². The largest absolute Gasteiger partial charge is 0.460 e. The number of amides is 1. The van der Waals surface area contributed by atoms with Crippen LogP contribution in [0.1, 0.15) is 132 Å². The van der Waals surface area contributed by atoms with Gasteiger partial charge in [0.25, 0.3) is 11.7 Å². The van der Waals surface area contributed by atoms with E-state index in [0.29, 0.717) is 63.4 Å². The number of carbonyl (C=O) groups excluding carboxylic acids is 5. The van der Waals surface area contributed by atoms with Gasteiger partial charge in [0.1, 0.15) is 30.1 Å². The summed E-state index contributed by atoms with van der Waals surface area (Å²) in [4.78, 5) is 72.0. The minimum atomic E-state index is -2.38. The molecule has 4 rings (SSSR count). The number of hydrogen-bond acceptors (Lipinski definition) is 13. The Bertz CT molecular complexity index is 1790. The molecule has 2 bridgehead atoms. The Hall–Kier alpha value is -3.37. The lowest BCUT2D eigenvalue weighted by molar-refractivity contribution is -0.264. The summed E-state index contributed by atoms with van der Waals surface area (Å²) < 4.78 is 29.7. The first-order chi connectivity index (χ1) is 31.7. The first-order valence-electron chi connectivity index (χ1n) is 24.9. The summed E-state index contributed by atoms with van der Waals surface area (Å²) in [5, 5.41) is 32.7. The predicted octanol–water partition coefficient (Wildman–Crippen LogP) is 6.82. The Morgan fingerprint density at radius 2 is 1.58 bits per heavy atom. The van der Waals surface area contributed by atoms with Gasteiger partial charge in [-0.1, -0.05) is 83.6 Å². The zero-order chi connectivity index (χ0) is 49.6. The number of hydrogen-bond donors (Lipinski definition) is 3. The normalized spacial score (nSPS) is 39.6. The number of ether oxygens (including phenoxy) is 5. The molecule has 0 radical (unpaired) electrons. The number of ketones is 3. The summed E-state index contributed by atoms with van der Waals surface area (Å²) in [6.45, 7) is 15.1. The van der Waals surface area contributed by atoms with E-state index in [-0.39, 0.29) is 80.0 Å². The van der Waals surface area contributed by atoms with E-state index >= 15 is 0 Å². The lowest BCUT2D eigenvalue weighted by atomic mass is 9.78. The van der Waals surface area contributed by atoms with Gasteiger partial charge in [-0.3, -0.25) is 19.2 Å². The number of nitrogens with zero attached hydrogens (tertiary/aromatic N) is 1. The van der Waals surface area contributed by atoms with Crippen molar-refractivity contribution in [1.82, 2.24) is 4.90 Å². The molecule has 0 aromatic rings. The molecule has 15 atom stereocenters. The Morgan fingerprint density at radius 3 is 2.27 bits per heavy atom. The maximum Gasteiger partial charge on any atom is 0.329 e. The quantitative estimate of drug-likeness (QED) is 0.131. The molecule has 378 valence electrons. The fraction of sp³-hybridized carbons (Fsp3) is 0.755. The minimum Gasteiger partial charge on any atom is -0.460 e. The van der Waals surface area contributed by atoms with Gasteiger partial charge >= 0.3 is 5.97 Å². The Labute approximate surface area is 399 Å². The molecule has 4 aliphatic rings. The highest BCUT2D eigenvalue weighted by Gasteiger charge is 2.53. The number of cyclic esters (lactones) is 1. The van der Waals surface area contributed by atoms with E-state index in [9.17, 15) is 39.3 Å². The van der Waals surface area contributed by atoms with Crippen molar-refractivity contribution in [2.75, 3.05) is 34.0 Å². The number of esters is 1. The van der Waals surface area contributed by atoms with Crippen LogP contribution in [0.5, 0.6) is 0 Å². The molecule has 3 heterocycles. The fourth-order valence-corrected chi connectivity index (χ4v) is 10.4. The van der Waals surface area contributed by atoms with Crippen molar-refractivity contribution in [1.29, 1.82) is 0 Å². The van der Waals surface area contributed by atoms with Crippen LogP contribution >= 0.6 is 0 Å². The highest BCUT2D eigenvalue weighted by molar-refractivity contribution is 6.39. The average molecular weight is 942 g/mol. The number of aliphatic hydroxyl groups is 3. The van der Waals surface area contributed by atoms with Crippen molar-refractivity contribution in [3.05, 3.63) is 47.6 Å². The van der Waals surface area contributed by atoms with Crippen LogP contribution in [-0.2, 0) is 47.7 Å². The van der Waals surface area contributed by atoms with Gasteiger partial charge < -0.3 is 43.9 Å². The van der Waals surface area contributed by atoms with Crippen molar-refractivity contribution in [2.24, 2.45) is 41.4 Å². The fourth-order valence-electron chi connectivity index (χ4n) is 10.4. The second-order valence-corrected chi connectivity index (χ2v) is 20.3. The van der Waals surface area contributed by atoms with Crippen LogP contribution < -0.4 is 0 Å². The van der Waals surface area contributed by atoms with Crippen LogP contribution in [0, 0.1) is 41.4 Å². The number of methoxy groups -OCH3 is 2. The molecule has 3 aliphatic heterocycles. The van der Waals surface area contributed by atoms with Gasteiger partial charge in [0.05, 0.1) is 31.5 Å². The highest BCUT2D eigenvalue weighted by Crippen LogP contribution is 2.38. The molecule has 1 amide bonds. The molecular formula is C53H83NO13. The molecule has 1 aliphatic carbocycles. The number of fused-ring (bicyclic) bond motifs is 3. The van der Waals surface area contributed by atoms with E-state index in [1.807, 2.05) is 58.1 Å². The third-order valence-corrected chi connectivity index (χ3v) is 15.0. The van der Waals surface area contributed by atoms with Gasteiger partial charge in [0.2, 0.25) is 5.79 Å². The Morgan fingerprint density at radius 1 is 0.851 bits per heavy atom. The van der Waals surface area contributed by atoms with E-state index in [2.05, 4.69) is 6.92 Å². The predicted molar refractivity (Wildman–Crippen MR) is 254 cm³/mol. The first kappa shape index (κ1) is 56.2. The number of rotatable bonds is 8. The van der Waals surface area contributed by atoms with E-state index in [0.717, 1.165) is 12.0 Å². The van der Waals surface area contributed by atoms with Gasteiger partial charge in [0, 0.05) is 44.9 Å². The summed E-state index contributed by atoms with van der Waals surface area (Å²) in [5.41, 5.74) is 1.46. The SMILES string of the molecule is CO[C@@H]1C[C@H](C[C@@H](C)C2CC(=O)[C@H](C)/C=C(\C)[C@@H](O)[C@@H](OC)C(=O)[C@H](C)C[C@H](C)/C=C/C=C/C=C(\C)[C@@H](C)C[C@@H]3CC[C@@H](C)[C@@](O)(O3)C(=O)C(=O)N3CCCC[C@H]3C(=O)O2)CC[C@@H]1OCCO. The molecule has 0 aromatic heterocycles. The topological polar surface area (TPSA) is 195 Å². The maximum absolute atomic E-state index is 14.4. The summed E-state index contributed by atoms with van der Waals surface area (Å²) in [6, 6.07) is -1.12. The zero-order valence-corrected chi connectivity index (χ0v) is 42.0. The molecule has 67 heavy (non-hydrogen) atoms. The second kappa shape index (κ2) is 26.6. The zero-order valence-electron chi connectivity index (χ0n) is 42.0. The molecule has 0 aromatic carbocycles. The van der Waals surface area contributed by atoms with Crippen molar-refractivity contribution in [3.8, 4) is 0 Å². The summed E-state index contributed by atoms with van der Waals surface area (Å²) >= 11 is 0. The van der Waals surface area contributed by atoms with Gasteiger partial charge in [0.15, 0.2) is 5.78 Å². The van der Waals surface area contributed by atoms with Crippen LogP contribution in [0.3, 0.4) is 0 Å². The molecule has 1 unspecified atom stereocenters. The van der Waals surface area contributed by atoms with Gasteiger partial charge in [-0.2, -0.15) is 0 Å². The third-order valence-electron chi connectivity index (χ3n) is 15.0. The Kier molecular flexibility index (Phi) is 22.3. The van der Waals surface area contributed by atoms with E-state index in [1.165, 1.54) is 12.0 Å². The molecular weight excluding hydrogens is 859 g/mol. The van der Waals surface area contributed by atoms with Crippen molar-refractivity contribution < 1.29 is 63.0 Å². The van der Waals surface area contributed by atoms with Crippen LogP contribution in [0.4, 0.5) is 0 Å². The number of Topliss-reactive ketones (excluding diaryl/α,β-unsaturated/α-hetero) is 3. The van der Waals surface area contributed by atoms with Crippen LogP contribution in [0.25, 0.3) is 0 Å². The van der Waals surface area contributed by atoms with Crippen LogP contribution in [-0.4, -0.2) is 132 Å². The number of allylic oxidation sites excluding steroid dienone is 7. The summed E-state index contributed by atoms with van der Waals surface area (Å²) in [7, 11) is 3.02. The molecule has 0 spiro atoms. The van der Waals surface area contributed by atoms with Gasteiger partial charge in [-0.15, -0.1) is 0 Å². The van der Waals surface area contributed by atoms with Crippen LogP contribution in [0.15, 0.2) is 47.6 Å².